The summed E-state index contributed by atoms with van der Waals surface area (Å²) in [5.74, 6) is -0.663. The second-order valence-electron chi connectivity index (χ2n) is 8.13. The third kappa shape index (κ3) is 5.22. The molecule has 1 unspecified atom stereocenters. The van der Waals surface area contributed by atoms with Crippen molar-refractivity contribution >= 4 is 18.2 Å². The molecule has 2 rings (SSSR count). The molecule has 0 aromatic carbocycles. The molecule has 158 valence electrons. The molecule has 28 heavy (non-hydrogen) atoms. The molecule has 0 aromatic heterocycles. The maximum absolute atomic E-state index is 11.6. The SMILES string of the molecule is CCCCCC(C=C[C@@H]1[C@H](OC(C)=O)C[C@@H]2C[C@H](C=O)C[C@]21OC)OC(C)=O. The van der Waals surface area contributed by atoms with Gasteiger partial charge in [-0.05, 0) is 44.1 Å². The Morgan fingerprint density at radius 1 is 1.18 bits per heavy atom. The normalized spacial score (nSPS) is 32.9. The first kappa shape index (κ1) is 22.6. The van der Waals surface area contributed by atoms with E-state index in [1.54, 1.807) is 7.11 Å². The summed E-state index contributed by atoms with van der Waals surface area (Å²) in [5.41, 5.74) is -0.521. The van der Waals surface area contributed by atoms with Gasteiger partial charge in [0, 0.05) is 32.8 Å². The van der Waals surface area contributed by atoms with Crippen LogP contribution in [-0.2, 0) is 28.6 Å². The average Bonchev–Trinajstić information content (AvgIpc) is 3.11. The standard InChI is InChI=1S/C22H34O6/c1-5-6-7-8-19(27-15(2)24)9-10-20-21(28-16(3)25)12-18-11-17(14-23)13-22(18,20)26-4/h9-10,14,17-21H,5-8,11-13H2,1-4H3/t17-,18-,19?,20+,21+,22-/m0/s1. The van der Waals surface area contributed by atoms with Crippen LogP contribution in [0.4, 0.5) is 0 Å². The van der Waals surface area contributed by atoms with Gasteiger partial charge < -0.3 is 19.0 Å². The summed E-state index contributed by atoms with van der Waals surface area (Å²) in [4.78, 5) is 34.5. The molecule has 2 aliphatic rings. The number of carbonyl (C=O) groups excluding carboxylic acids is 3. The lowest BCUT2D eigenvalue weighted by atomic mass is 9.84. The van der Waals surface area contributed by atoms with Gasteiger partial charge in [0.15, 0.2) is 0 Å². The zero-order valence-corrected chi connectivity index (χ0v) is 17.5. The summed E-state index contributed by atoms with van der Waals surface area (Å²) < 4.78 is 17.0. The van der Waals surface area contributed by atoms with E-state index in [9.17, 15) is 14.4 Å². The Kier molecular flexibility index (Phi) is 8.23. The maximum atomic E-state index is 11.6. The van der Waals surface area contributed by atoms with E-state index >= 15 is 0 Å². The Bertz CT molecular complexity index is 586. The summed E-state index contributed by atoms with van der Waals surface area (Å²) in [5, 5.41) is 0. The van der Waals surface area contributed by atoms with Gasteiger partial charge in [0.25, 0.3) is 0 Å². The predicted octanol–water partition coefficient (Wildman–Crippen LogP) is 3.62. The number of fused-ring (bicyclic) bond motifs is 1. The van der Waals surface area contributed by atoms with E-state index in [1.165, 1.54) is 13.8 Å². The number of methoxy groups -OCH3 is 1. The van der Waals surface area contributed by atoms with Crippen LogP contribution in [0.5, 0.6) is 0 Å². The molecule has 6 nitrogen and oxygen atoms in total. The molecule has 2 aliphatic carbocycles. The molecule has 2 fully saturated rings. The first-order valence-corrected chi connectivity index (χ1v) is 10.4. The van der Waals surface area contributed by atoms with Gasteiger partial charge in [-0.25, -0.2) is 0 Å². The van der Waals surface area contributed by atoms with Gasteiger partial charge in [-0.15, -0.1) is 0 Å². The molecular weight excluding hydrogens is 360 g/mol. The molecule has 0 radical (unpaired) electrons. The lowest BCUT2D eigenvalue weighted by Crippen LogP contribution is -2.41. The van der Waals surface area contributed by atoms with Crippen molar-refractivity contribution in [3.63, 3.8) is 0 Å². The number of hydrogen-bond donors (Lipinski definition) is 0. The quantitative estimate of drug-likeness (QED) is 0.244. The van der Waals surface area contributed by atoms with Crippen LogP contribution in [0.15, 0.2) is 12.2 Å². The van der Waals surface area contributed by atoms with Gasteiger partial charge in [0.05, 0.1) is 5.60 Å². The summed E-state index contributed by atoms with van der Waals surface area (Å²) >= 11 is 0. The molecule has 2 saturated carbocycles. The molecule has 0 bridgehead atoms. The van der Waals surface area contributed by atoms with Crippen LogP contribution < -0.4 is 0 Å². The minimum Gasteiger partial charge on any atom is -0.462 e. The van der Waals surface area contributed by atoms with E-state index < -0.39 is 5.60 Å². The second-order valence-corrected chi connectivity index (χ2v) is 8.13. The minimum absolute atomic E-state index is 0.0343. The summed E-state index contributed by atoms with van der Waals surface area (Å²) in [6.45, 7) is 4.95. The Morgan fingerprint density at radius 3 is 2.50 bits per heavy atom. The Morgan fingerprint density at radius 2 is 1.93 bits per heavy atom. The predicted molar refractivity (Wildman–Crippen MR) is 105 cm³/mol. The van der Waals surface area contributed by atoms with Crippen LogP contribution in [0.25, 0.3) is 0 Å². The van der Waals surface area contributed by atoms with E-state index in [0.717, 1.165) is 38.4 Å². The summed E-state index contributed by atoms with van der Waals surface area (Å²) in [7, 11) is 1.67. The van der Waals surface area contributed by atoms with Gasteiger partial charge in [0.2, 0.25) is 0 Å². The van der Waals surface area contributed by atoms with Gasteiger partial charge >= 0.3 is 11.9 Å². The van der Waals surface area contributed by atoms with Gasteiger partial charge in [-0.2, -0.15) is 0 Å². The molecule has 0 spiro atoms. The van der Waals surface area contributed by atoms with Crippen molar-refractivity contribution in [2.75, 3.05) is 7.11 Å². The van der Waals surface area contributed by atoms with Crippen molar-refractivity contribution in [1.29, 1.82) is 0 Å². The Labute approximate surface area is 168 Å². The number of esters is 2. The maximum Gasteiger partial charge on any atom is 0.303 e. The number of carbonyl (C=O) groups is 3. The van der Waals surface area contributed by atoms with Gasteiger partial charge in [-0.1, -0.05) is 25.8 Å². The number of unbranched alkanes of at least 4 members (excludes halogenated alkanes) is 2. The van der Waals surface area contributed by atoms with Crippen LogP contribution in [0.3, 0.4) is 0 Å². The molecule has 0 aliphatic heterocycles. The fraction of sp³-hybridized carbons (Fsp3) is 0.773. The van der Waals surface area contributed by atoms with Crippen molar-refractivity contribution in [2.24, 2.45) is 17.8 Å². The van der Waals surface area contributed by atoms with E-state index in [-0.39, 0.29) is 41.9 Å². The highest BCUT2D eigenvalue weighted by molar-refractivity contribution is 5.66. The highest BCUT2D eigenvalue weighted by atomic mass is 16.6. The smallest absolute Gasteiger partial charge is 0.303 e. The monoisotopic (exact) mass is 394 g/mol. The molecule has 0 aromatic rings. The van der Waals surface area contributed by atoms with Gasteiger partial charge in [-0.3, -0.25) is 9.59 Å². The number of hydrogen-bond acceptors (Lipinski definition) is 6. The van der Waals surface area contributed by atoms with E-state index in [1.807, 2.05) is 12.2 Å². The molecule has 0 N–H and O–H groups in total. The van der Waals surface area contributed by atoms with E-state index in [0.29, 0.717) is 12.8 Å². The fourth-order valence-corrected chi connectivity index (χ4v) is 5.03. The fourth-order valence-electron chi connectivity index (χ4n) is 5.03. The van der Waals surface area contributed by atoms with Gasteiger partial charge in [0.1, 0.15) is 18.5 Å². The molecule has 6 atom stereocenters. The van der Waals surface area contributed by atoms with E-state index in [2.05, 4.69) is 6.92 Å². The van der Waals surface area contributed by atoms with Crippen LogP contribution in [0, 0.1) is 17.8 Å². The number of ether oxygens (including phenoxy) is 3. The zero-order valence-electron chi connectivity index (χ0n) is 17.5. The van der Waals surface area contributed by atoms with Crippen molar-refractivity contribution in [3.8, 4) is 0 Å². The van der Waals surface area contributed by atoms with Crippen LogP contribution in [0.2, 0.25) is 0 Å². The van der Waals surface area contributed by atoms with Crippen molar-refractivity contribution in [3.05, 3.63) is 12.2 Å². The minimum atomic E-state index is -0.521. The molecule has 0 heterocycles. The Balaban J connectivity index is 2.23. The topological polar surface area (TPSA) is 78.9 Å². The molecule has 0 saturated heterocycles. The molecular formula is C22H34O6. The highest BCUT2D eigenvalue weighted by Crippen LogP contribution is 2.56. The van der Waals surface area contributed by atoms with Crippen LogP contribution in [0.1, 0.15) is 65.7 Å². The van der Waals surface area contributed by atoms with Crippen molar-refractivity contribution < 1.29 is 28.6 Å². The zero-order chi connectivity index (χ0) is 20.7. The molecule has 6 heteroatoms. The first-order chi connectivity index (χ1) is 13.4. The third-order valence-electron chi connectivity index (χ3n) is 6.17. The highest BCUT2D eigenvalue weighted by Gasteiger charge is 2.60. The largest absolute Gasteiger partial charge is 0.462 e. The third-order valence-corrected chi connectivity index (χ3v) is 6.17. The number of rotatable bonds is 10. The van der Waals surface area contributed by atoms with Crippen molar-refractivity contribution in [2.45, 2.75) is 83.5 Å². The average molecular weight is 395 g/mol. The van der Waals surface area contributed by atoms with E-state index in [4.69, 9.17) is 14.2 Å². The second kappa shape index (κ2) is 10.2. The lowest BCUT2D eigenvalue weighted by Gasteiger charge is -2.34. The molecule has 0 amide bonds. The summed E-state index contributed by atoms with van der Waals surface area (Å²) in [6, 6.07) is 0. The first-order valence-electron chi connectivity index (χ1n) is 10.4. The van der Waals surface area contributed by atoms with Crippen LogP contribution in [-0.4, -0.2) is 43.1 Å². The van der Waals surface area contributed by atoms with Crippen LogP contribution >= 0.6 is 0 Å². The summed E-state index contributed by atoms with van der Waals surface area (Å²) in [6.07, 6.45) is 10.3. The lowest BCUT2D eigenvalue weighted by molar-refractivity contribution is -0.150. The number of aldehydes is 1. The Hall–Kier alpha value is -1.69. The van der Waals surface area contributed by atoms with Crippen molar-refractivity contribution in [1.82, 2.24) is 0 Å².